The van der Waals surface area contributed by atoms with Gasteiger partial charge < -0.3 is 9.80 Å². The van der Waals surface area contributed by atoms with Crippen molar-refractivity contribution in [3.05, 3.63) is 27.9 Å². The van der Waals surface area contributed by atoms with Crippen LogP contribution in [0.3, 0.4) is 0 Å². The highest BCUT2D eigenvalue weighted by Crippen LogP contribution is 2.27. The van der Waals surface area contributed by atoms with Crippen molar-refractivity contribution in [3.63, 3.8) is 0 Å². The van der Waals surface area contributed by atoms with Crippen molar-refractivity contribution >= 4 is 11.5 Å². The molecule has 0 aromatic carbocycles. The second-order valence-electron chi connectivity index (χ2n) is 4.28. The monoisotopic (exact) mass is 238 g/mol. The summed E-state index contributed by atoms with van der Waals surface area (Å²) >= 11 is 0. The fourth-order valence-corrected chi connectivity index (χ4v) is 1.50. The van der Waals surface area contributed by atoms with E-state index in [0.29, 0.717) is 17.9 Å². The molecule has 0 fully saturated rings. The molecule has 0 saturated carbocycles. The second kappa shape index (κ2) is 5.58. The smallest absolute Gasteiger partial charge is 0.314 e. The average molecular weight is 238 g/mol. The molecule has 0 radical (unpaired) electrons. The van der Waals surface area contributed by atoms with E-state index in [1.54, 1.807) is 19.2 Å². The van der Waals surface area contributed by atoms with Gasteiger partial charge in [0, 0.05) is 31.9 Å². The molecule has 94 valence electrons. The Labute approximate surface area is 101 Å². The molecule has 0 aliphatic carbocycles. The van der Waals surface area contributed by atoms with Crippen molar-refractivity contribution in [1.29, 1.82) is 0 Å². The standard InChI is InChI=1S/C11H18N4O2/c1-9-5-6-12-11(10(9)15(16)17)14(4)8-7-13(2)3/h5-6H,7-8H2,1-4H3. The van der Waals surface area contributed by atoms with Crippen molar-refractivity contribution in [1.82, 2.24) is 9.88 Å². The number of aromatic nitrogens is 1. The summed E-state index contributed by atoms with van der Waals surface area (Å²) in [6.45, 7) is 3.25. The molecule has 0 amide bonds. The summed E-state index contributed by atoms with van der Waals surface area (Å²) in [5, 5.41) is 11.0. The zero-order chi connectivity index (χ0) is 13.0. The molecule has 0 unspecified atom stereocenters. The van der Waals surface area contributed by atoms with Crippen LogP contribution >= 0.6 is 0 Å². The van der Waals surface area contributed by atoms with Gasteiger partial charge in [-0.1, -0.05) is 0 Å². The lowest BCUT2D eigenvalue weighted by Crippen LogP contribution is -2.29. The first kappa shape index (κ1) is 13.4. The Kier molecular flexibility index (Phi) is 4.39. The van der Waals surface area contributed by atoms with Crippen LogP contribution in [-0.4, -0.2) is 49.0 Å². The lowest BCUT2D eigenvalue weighted by Gasteiger charge is -2.20. The maximum atomic E-state index is 11.0. The van der Waals surface area contributed by atoms with Crippen LogP contribution in [0, 0.1) is 17.0 Å². The minimum Gasteiger partial charge on any atom is -0.353 e. The van der Waals surface area contributed by atoms with Crippen LogP contribution in [0.2, 0.25) is 0 Å². The van der Waals surface area contributed by atoms with Gasteiger partial charge in [0.15, 0.2) is 0 Å². The van der Waals surface area contributed by atoms with E-state index in [4.69, 9.17) is 0 Å². The topological polar surface area (TPSA) is 62.5 Å². The third kappa shape index (κ3) is 3.39. The highest BCUT2D eigenvalue weighted by atomic mass is 16.6. The van der Waals surface area contributed by atoms with E-state index in [-0.39, 0.29) is 10.6 Å². The predicted molar refractivity (Wildman–Crippen MR) is 67.5 cm³/mol. The molecule has 1 heterocycles. The van der Waals surface area contributed by atoms with Gasteiger partial charge in [0.2, 0.25) is 5.82 Å². The molecule has 17 heavy (non-hydrogen) atoms. The lowest BCUT2D eigenvalue weighted by molar-refractivity contribution is -0.384. The molecule has 6 nitrogen and oxygen atoms in total. The van der Waals surface area contributed by atoms with Crippen LogP contribution in [0.25, 0.3) is 0 Å². The maximum absolute atomic E-state index is 11.0. The summed E-state index contributed by atoms with van der Waals surface area (Å²) in [7, 11) is 5.75. The van der Waals surface area contributed by atoms with E-state index in [1.807, 2.05) is 30.9 Å². The van der Waals surface area contributed by atoms with Crippen molar-refractivity contribution < 1.29 is 4.92 Å². The van der Waals surface area contributed by atoms with Crippen LogP contribution in [0.5, 0.6) is 0 Å². The van der Waals surface area contributed by atoms with Crippen molar-refractivity contribution in [2.45, 2.75) is 6.92 Å². The summed E-state index contributed by atoms with van der Waals surface area (Å²) in [6.07, 6.45) is 1.60. The molecule has 0 N–H and O–H groups in total. The maximum Gasteiger partial charge on any atom is 0.314 e. The fraction of sp³-hybridized carbons (Fsp3) is 0.545. The van der Waals surface area contributed by atoms with Gasteiger partial charge in [-0.05, 0) is 27.1 Å². The van der Waals surface area contributed by atoms with Gasteiger partial charge in [0.05, 0.1) is 4.92 Å². The summed E-state index contributed by atoms with van der Waals surface area (Å²) < 4.78 is 0. The number of hydrogen-bond acceptors (Lipinski definition) is 5. The molecule has 6 heteroatoms. The molecule has 0 aliphatic rings. The van der Waals surface area contributed by atoms with E-state index in [9.17, 15) is 10.1 Å². The second-order valence-corrected chi connectivity index (χ2v) is 4.28. The Bertz CT molecular complexity index is 406. The molecule has 1 aromatic heterocycles. The molecule has 1 rings (SSSR count). The van der Waals surface area contributed by atoms with Gasteiger partial charge in [-0.25, -0.2) is 4.98 Å². The Morgan fingerprint density at radius 2 is 2.00 bits per heavy atom. The van der Waals surface area contributed by atoms with Crippen molar-refractivity contribution in [3.8, 4) is 0 Å². The Morgan fingerprint density at radius 3 is 2.53 bits per heavy atom. The first-order valence-electron chi connectivity index (χ1n) is 5.39. The number of nitro groups is 1. The van der Waals surface area contributed by atoms with Gasteiger partial charge in [-0.2, -0.15) is 0 Å². The number of hydrogen-bond donors (Lipinski definition) is 0. The summed E-state index contributed by atoms with van der Waals surface area (Å²) in [6, 6.07) is 1.65. The Morgan fingerprint density at radius 1 is 1.35 bits per heavy atom. The lowest BCUT2D eigenvalue weighted by atomic mass is 10.2. The highest BCUT2D eigenvalue weighted by molar-refractivity contribution is 5.61. The van der Waals surface area contributed by atoms with Gasteiger partial charge >= 0.3 is 5.69 Å². The summed E-state index contributed by atoms with van der Waals surface area (Å²) in [4.78, 5) is 18.6. The largest absolute Gasteiger partial charge is 0.353 e. The van der Waals surface area contributed by atoms with Crippen LogP contribution in [-0.2, 0) is 0 Å². The Balaban J connectivity index is 2.96. The van der Waals surface area contributed by atoms with Gasteiger partial charge in [0.1, 0.15) is 0 Å². The van der Waals surface area contributed by atoms with Crippen LogP contribution in [0.1, 0.15) is 5.56 Å². The molecule has 0 atom stereocenters. The molecular weight excluding hydrogens is 220 g/mol. The Hall–Kier alpha value is -1.69. The molecule has 0 aliphatic heterocycles. The number of anilines is 1. The number of aryl methyl sites for hydroxylation is 1. The van der Waals surface area contributed by atoms with Crippen molar-refractivity contribution in [2.75, 3.05) is 39.1 Å². The van der Waals surface area contributed by atoms with Crippen LogP contribution < -0.4 is 4.90 Å². The predicted octanol–water partition coefficient (Wildman–Crippen LogP) is 1.30. The van der Waals surface area contributed by atoms with E-state index in [2.05, 4.69) is 4.98 Å². The van der Waals surface area contributed by atoms with E-state index < -0.39 is 0 Å². The zero-order valence-electron chi connectivity index (χ0n) is 10.7. The first-order chi connectivity index (χ1) is 7.93. The number of pyridine rings is 1. The van der Waals surface area contributed by atoms with Gasteiger partial charge in [-0.3, -0.25) is 10.1 Å². The minimum absolute atomic E-state index is 0.0914. The van der Waals surface area contributed by atoms with Crippen LogP contribution in [0.4, 0.5) is 11.5 Å². The van der Waals surface area contributed by atoms with E-state index >= 15 is 0 Å². The van der Waals surface area contributed by atoms with Gasteiger partial charge in [0.25, 0.3) is 0 Å². The average Bonchev–Trinajstić information content (AvgIpc) is 2.24. The number of rotatable bonds is 5. The third-order valence-electron chi connectivity index (χ3n) is 2.53. The molecular formula is C11H18N4O2. The van der Waals surface area contributed by atoms with E-state index in [0.717, 1.165) is 6.54 Å². The summed E-state index contributed by atoms with van der Waals surface area (Å²) in [5.74, 6) is 0.428. The molecule has 0 spiro atoms. The first-order valence-corrected chi connectivity index (χ1v) is 5.39. The molecule has 0 saturated heterocycles. The summed E-state index contributed by atoms with van der Waals surface area (Å²) in [5.41, 5.74) is 0.727. The number of nitrogens with zero attached hydrogens (tertiary/aromatic N) is 4. The van der Waals surface area contributed by atoms with Gasteiger partial charge in [-0.15, -0.1) is 0 Å². The quantitative estimate of drug-likeness (QED) is 0.571. The number of likely N-dealkylation sites (N-methyl/N-ethyl adjacent to an activating group) is 2. The minimum atomic E-state index is -0.371. The van der Waals surface area contributed by atoms with E-state index in [1.165, 1.54) is 0 Å². The normalized spacial score (nSPS) is 10.6. The zero-order valence-corrected chi connectivity index (χ0v) is 10.7. The molecule has 0 bridgehead atoms. The van der Waals surface area contributed by atoms with Crippen LogP contribution in [0.15, 0.2) is 12.3 Å². The fourth-order valence-electron chi connectivity index (χ4n) is 1.50. The SMILES string of the molecule is Cc1ccnc(N(C)CCN(C)C)c1[N+](=O)[O-]. The molecule has 1 aromatic rings. The highest BCUT2D eigenvalue weighted by Gasteiger charge is 2.21. The van der Waals surface area contributed by atoms with Crippen molar-refractivity contribution in [2.24, 2.45) is 0 Å². The third-order valence-corrected chi connectivity index (χ3v) is 2.53.